The van der Waals surface area contributed by atoms with Gasteiger partial charge in [-0.25, -0.2) is 15.0 Å². The quantitative estimate of drug-likeness (QED) is 0.178. The van der Waals surface area contributed by atoms with E-state index >= 15 is 0 Å². The van der Waals surface area contributed by atoms with Gasteiger partial charge in [0.1, 0.15) is 11.5 Å². The van der Waals surface area contributed by atoms with Gasteiger partial charge in [0, 0.05) is 48.0 Å². The molecule has 6 aliphatic rings. The van der Waals surface area contributed by atoms with Gasteiger partial charge in [0.2, 0.25) is 0 Å². The first-order valence-electron chi connectivity index (χ1n) is 22.5. The maximum atomic E-state index is 6.61. The molecule has 0 amide bonds. The van der Waals surface area contributed by atoms with Crippen LogP contribution in [0, 0.1) is 23.2 Å². The molecule has 1 aliphatic heterocycles. The zero-order chi connectivity index (χ0) is 40.4. The van der Waals surface area contributed by atoms with Crippen molar-refractivity contribution in [3.63, 3.8) is 0 Å². The molecule has 4 fully saturated rings. The van der Waals surface area contributed by atoms with Crippen LogP contribution in [-0.2, 0) is 10.8 Å². The van der Waals surface area contributed by atoms with Gasteiger partial charge in [-0.3, -0.25) is 0 Å². The minimum Gasteiger partial charge on any atom is -0.457 e. The minimum absolute atomic E-state index is 0.193. The fourth-order valence-electron chi connectivity index (χ4n) is 14.4. The summed E-state index contributed by atoms with van der Waals surface area (Å²) in [6.45, 7) is 0. The Bertz CT molecular complexity index is 3370. The third-order valence-corrected chi connectivity index (χ3v) is 17.7. The first kappa shape index (κ1) is 34.2. The number of hydrogen-bond acceptors (Lipinski definition) is 5. The summed E-state index contributed by atoms with van der Waals surface area (Å²) in [4.78, 5) is 16.4. The second-order valence-electron chi connectivity index (χ2n) is 19.3. The van der Waals surface area contributed by atoms with Crippen LogP contribution in [0.3, 0.4) is 0 Å². The molecule has 5 atom stereocenters. The molecular weight excluding hydrogens is 775 g/mol. The van der Waals surface area contributed by atoms with Gasteiger partial charge in [0.05, 0.1) is 5.41 Å². The van der Waals surface area contributed by atoms with E-state index in [1.54, 1.807) is 0 Å². The molecule has 9 aromatic rings. The number of ether oxygens (including phenoxy) is 1. The molecule has 4 saturated carbocycles. The second-order valence-corrected chi connectivity index (χ2v) is 20.4. The molecule has 0 N–H and O–H groups in total. The molecule has 2 spiro atoms. The highest BCUT2D eigenvalue weighted by molar-refractivity contribution is 7.25. The maximum Gasteiger partial charge on any atom is 0.164 e. The lowest BCUT2D eigenvalue weighted by Gasteiger charge is -2.49. The fraction of sp³-hybridized carbons (Fsp3) is 0.211. The summed E-state index contributed by atoms with van der Waals surface area (Å²) in [7, 11) is 0. The van der Waals surface area contributed by atoms with Crippen LogP contribution in [0.2, 0.25) is 0 Å². The Morgan fingerprint density at radius 3 is 1.92 bits per heavy atom. The summed E-state index contributed by atoms with van der Waals surface area (Å²) >= 11 is 1.84. The topological polar surface area (TPSA) is 47.9 Å². The zero-order valence-corrected chi connectivity index (χ0v) is 35.0. The Morgan fingerprint density at radius 1 is 0.468 bits per heavy atom. The third-order valence-electron chi connectivity index (χ3n) is 16.6. The number of nitrogens with zero attached hydrogens (tertiary/aromatic N) is 3. The van der Waals surface area contributed by atoms with Crippen LogP contribution < -0.4 is 4.74 Å². The molecule has 3 unspecified atom stereocenters. The monoisotopic (exact) mass is 815 g/mol. The van der Waals surface area contributed by atoms with Crippen LogP contribution in [-0.4, -0.2) is 15.0 Å². The number of aromatic nitrogens is 3. The standard InChI is InChI=1S/C57H41N3OS/c1-5-15-44-38(11-1)41-26-34(21-23-45(41)57(44)46-16-6-8-18-48(46)61-49-19-9-7-17-47(49)57)52-58-53(35-22-24-51-42(27-35)39-12-3-10-20-50(39)62-51)60-54(59-52)40-13-2-4-14-43(40)55-29-33-25-36-28-37(31-55)56(36,30-33)32-55/h1-24,26-27,33,36-37H,25,28-32H2/t33-,36+,37?,55?,56?/m1/s1. The predicted octanol–water partition coefficient (Wildman–Crippen LogP) is 14.2. The summed E-state index contributed by atoms with van der Waals surface area (Å²) in [5.41, 5.74) is 12.2. The highest BCUT2D eigenvalue weighted by Crippen LogP contribution is 2.79. The largest absolute Gasteiger partial charge is 0.457 e. The van der Waals surface area contributed by atoms with Crippen molar-refractivity contribution in [3.05, 3.63) is 186 Å². The van der Waals surface area contributed by atoms with E-state index < -0.39 is 5.41 Å². The zero-order valence-electron chi connectivity index (χ0n) is 34.1. The lowest BCUT2D eigenvalue weighted by atomic mass is 9.55. The fourth-order valence-corrected chi connectivity index (χ4v) is 15.5. The lowest BCUT2D eigenvalue weighted by Crippen LogP contribution is -2.42. The van der Waals surface area contributed by atoms with E-state index in [1.165, 1.54) is 92.1 Å². The average Bonchev–Trinajstić information content (AvgIpc) is 3.96. The van der Waals surface area contributed by atoms with Crippen molar-refractivity contribution in [2.75, 3.05) is 0 Å². The van der Waals surface area contributed by atoms with Crippen molar-refractivity contribution in [2.45, 2.75) is 49.4 Å². The predicted molar refractivity (Wildman–Crippen MR) is 249 cm³/mol. The minimum atomic E-state index is -0.527. The Morgan fingerprint density at radius 2 is 1.10 bits per heavy atom. The molecule has 0 radical (unpaired) electrons. The van der Waals surface area contributed by atoms with Gasteiger partial charge in [-0.1, -0.05) is 115 Å². The van der Waals surface area contributed by atoms with Crippen LogP contribution in [0.5, 0.6) is 11.5 Å². The Labute approximate surface area is 364 Å². The van der Waals surface area contributed by atoms with Gasteiger partial charge in [-0.2, -0.15) is 0 Å². The van der Waals surface area contributed by atoms with E-state index in [9.17, 15) is 0 Å². The van der Waals surface area contributed by atoms with Gasteiger partial charge in [-0.05, 0) is 137 Å². The summed E-state index contributed by atoms with van der Waals surface area (Å²) in [6.07, 6.45) is 8.28. The molecule has 2 aromatic heterocycles. The van der Waals surface area contributed by atoms with Crippen molar-refractivity contribution in [2.24, 2.45) is 23.2 Å². The van der Waals surface area contributed by atoms with E-state index in [-0.39, 0.29) is 5.41 Å². The van der Waals surface area contributed by atoms with E-state index in [0.717, 1.165) is 57.3 Å². The van der Waals surface area contributed by atoms with Crippen molar-refractivity contribution < 1.29 is 4.74 Å². The summed E-state index contributed by atoms with van der Waals surface area (Å²) in [5.74, 6) is 6.66. The first-order chi connectivity index (χ1) is 30.6. The van der Waals surface area contributed by atoms with Crippen LogP contribution in [0.25, 0.3) is 65.5 Å². The van der Waals surface area contributed by atoms with Crippen molar-refractivity contribution in [1.29, 1.82) is 0 Å². The van der Waals surface area contributed by atoms with E-state index in [0.29, 0.717) is 17.1 Å². The summed E-state index contributed by atoms with van der Waals surface area (Å²) in [6, 6.07) is 57.7. The Balaban J connectivity index is 0.950. The summed E-state index contributed by atoms with van der Waals surface area (Å²) in [5, 5.41) is 2.52. The normalized spacial score (nSPS) is 24.9. The molecular formula is C57H41N3OS. The molecule has 0 saturated heterocycles. The Kier molecular flexibility index (Phi) is 6.58. The number of fused-ring (bicyclic) bond motifs is 14. The molecule has 15 rings (SSSR count). The lowest BCUT2D eigenvalue weighted by molar-refractivity contribution is -0.000151. The highest BCUT2D eigenvalue weighted by Gasteiger charge is 2.71. The number of rotatable bonds is 4. The maximum absolute atomic E-state index is 6.61. The number of para-hydroxylation sites is 2. The van der Waals surface area contributed by atoms with E-state index in [2.05, 4.69) is 158 Å². The van der Waals surface area contributed by atoms with Gasteiger partial charge in [0.25, 0.3) is 0 Å². The van der Waals surface area contributed by atoms with Crippen molar-refractivity contribution in [1.82, 2.24) is 15.0 Å². The highest BCUT2D eigenvalue weighted by atomic mass is 32.1. The van der Waals surface area contributed by atoms with Crippen molar-refractivity contribution in [3.8, 4) is 56.8 Å². The van der Waals surface area contributed by atoms with Gasteiger partial charge < -0.3 is 4.74 Å². The van der Waals surface area contributed by atoms with Crippen molar-refractivity contribution >= 4 is 31.5 Å². The number of hydrogen-bond donors (Lipinski definition) is 0. The first-order valence-corrected chi connectivity index (χ1v) is 23.3. The second kappa shape index (κ2) is 11.9. The number of benzene rings is 7. The Hall–Kier alpha value is -6.43. The van der Waals surface area contributed by atoms with E-state index in [4.69, 9.17) is 19.7 Å². The van der Waals surface area contributed by atoms with Gasteiger partial charge >= 0.3 is 0 Å². The van der Waals surface area contributed by atoms with Crippen LogP contribution in [0.1, 0.15) is 66.3 Å². The molecule has 3 bridgehead atoms. The smallest absolute Gasteiger partial charge is 0.164 e. The molecule has 5 aliphatic carbocycles. The van der Waals surface area contributed by atoms with Crippen LogP contribution >= 0.6 is 11.3 Å². The molecule has 296 valence electrons. The van der Waals surface area contributed by atoms with Crippen LogP contribution in [0.4, 0.5) is 0 Å². The van der Waals surface area contributed by atoms with E-state index in [1.807, 2.05) is 11.3 Å². The van der Waals surface area contributed by atoms with Gasteiger partial charge in [-0.15, -0.1) is 11.3 Å². The number of thiophene rings is 1. The third kappa shape index (κ3) is 4.30. The van der Waals surface area contributed by atoms with Gasteiger partial charge in [0.15, 0.2) is 17.5 Å². The summed E-state index contributed by atoms with van der Waals surface area (Å²) < 4.78 is 9.18. The SMILES string of the molecule is c1ccc2c(c1)Oc1ccccc1C21c2ccccc2-c2cc(-c3nc(-c4ccc5sc6ccccc6c5c4)nc(-c4ccccc4C45CC6C[C@@H]7C[C@H](C4)CC67C5)n3)ccc21. The molecule has 4 nitrogen and oxygen atoms in total. The molecule has 3 heterocycles. The molecule has 62 heavy (non-hydrogen) atoms. The van der Waals surface area contributed by atoms with Crippen LogP contribution in [0.15, 0.2) is 158 Å². The average molecular weight is 816 g/mol. The molecule has 7 aromatic carbocycles. The molecule has 5 heteroatoms.